The predicted molar refractivity (Wildman–Crippen MR) is 70.2 cm³/mol. The summed E-state index contributed by atoms with van der Waals surface area (Å²) in [6.07, 6.45) is 1.54. The lowest BCUT2D eigenvalue weighted by Gasteiger charge is -2.07. The predicted octanol–water partition coefficient (Wildman–Crippen LogP) is 1.25. The van der Waals surface area contributed by atoms with E-state index in [0.717, 1.165) is 11.1 Å². The van der Waals surface area contributed by atoms with Gasteiger partial charge in [-0.05, 0) is 24.6 Å². The third-order valence-electron chi connectivity index (χ3n) is 1.76. The molecule has 0 saturated heterocycles. The lowest BCUT2D eigenvalue weighted by molar-refractivity contribution is 0.352. The Kier molecular flexibility index (Phi) is 4.75. The molecule has 4 N–H and O–H groups in total. The number of nitrogens with zero attached hydrogens (tertiary/aromatic N) is 2. The number of rotatable bonds is 5. The van der Waals surface area contributed by atoms with Crippen LogP contribution < -0.4 is 16.2 Å². The molecule has 1 rings (SSSR count). The first-order valence-electron chi connectivity index (χ1n) is 5.08. The van der Waals surface area contributed by atoms with Crippen LogP contribution in [0.15, 0.2) is 46.6 Å². The molecular weight excluding hydrogens is 216 g/mol. The van der Waals surface area contributed by atoms with Crippen LogP contribution in [0.2, 0.25) is 0 Å². The minimum atomic E-state index is -0.0819. The van der Waals surface area contributed by atoms with Gasteiger partial charge < -0.3 is 16.2 Å². The highest BCUT2D eigenvalue weighted by Crippen LogP contribution is 2.16. The van der Waals surface area contributed by atoms with E-state index in [0.29, 0.717) is 12.4 Å². The normalized spacial score (nSPS) is 10.2. The highest BCUT2D eigenvalue weighted by molar-refractivity contribution is 5.84. The van der Waals surface area contributed by atoms with E-state index >= 15 is 0 Å². The van der Waals surface area contributed by atoms with Crippen molar-refractivity contribution < 1.29 is 4.74 Å². The molecule has 5 heteroatoms. The third-order valence-corrected chi connectivity index (χ3v) is 1.76. The lowest BCUT2D eigenvalue weighted by Crippen LogP contribution is -2.21. The van der Waals surface area contributed by atoms with Gasteiger partial charge in [-0.3, -0.25) is 0 Å². The smallest absolute Gasteiger partial charge is 0.211 e. The molecule has 0 aliphatic heterocycles. The molecular formula is C12H16N4O. The molecule has 0 radical (unpaired) electrons. The van der Waals surface area contributed by atoms with E-state index < -0.39 is 0 Å². The maximum atomic E-state index is 5.55. The number of hydrogen-bond acceptors (Lipinski definition) is 3. The first kappa shape index (κ1) is 12.8. The zero-order valence-electron chi connectivity index (χ0n) is 9.76. The van der Waals surface area contributed by atoms with Gasteiger partial charge in [0, 0.05) is 5.56 Å². The summed E-state index contributed by atoms with van der Waals surface area (Å²) in [5, 5.41) is 7.26. The number of guanidine groups is 1. The largest absolute Gasteiger partial charge is 0.489 e. The van der Waals surface area contributed by atoms with Gasteiger partial charge in [0.25, 0.3) is 0 Å². The van der Waals surface area contributed by atoms with Gasteiger partial charge in [0.15, 0.2) is 0 Å². The van der Waals surface area contributed by atoms with Crippen LogP contribution in [-0.4, -0.2) is 18.8 Å². The second-order valence-electron chi connectivity index (χ2n) is 3.55. The molecule has 0 saturated carbocycles. The van der Waals surface area contributed by atoms with Gasteiger partial charge in [-0.1, -0.05) is 18.7 Å². The van der Waals surface area contributed by atoms with Crippen LogP contribution in [-0.2, 0) is 0 Å². The Morgan fingerprint density at radius 3 is 2.76 bits per heavy atom. The van der Waals surface area contributed by atoms with Crippen molar-refractivity contribution in [3.63, 3.8) is 0 Å². The second kappa shape index (κ2) is 6.32. The van der Waals surface area contributed by atoms with Crippen LogP contribution in [0.3, 0.4) is 0 Å². The Bertz CT molecular complexity index is 448. The summed E-state index contributed by atoms with van der Waals surface area (Å²) in [5.74, 6) is 0.631. The highest BCUT2D eigenvalue weighted by Gasteiger charge is 1.99. The lowest BCUT2D eigenvalue weighted by atomic mass is 10.2. The molecule has 0 aliphatic rings. The van der Waals surface area contributed by atoms with Gasteiger partial charge in [0.05, 0.1) is 6.21 Å². The summed E-state index contributed by atoms with van der Waals surface area (Å²) >= 11 is 0. The quantitative estimate of drug-likeness (QED) is 0.346. The van der Waals surface area contributed by atoms with E-state index in [4.69, 9.17) is 16.2 Å². The summed E-state index contributed by atoms with van der Waals surface area (Å²) in [6.45, 7) is 6.14. The number of para-hydroxylation sites is 1. The van der Waals surface area contributed by atoms with Crippen LogP contribution in [0.1, 0.15) is 12.5 Å². The van der Waals surface area contributed by atoms with Gasteiger partial charge in [0.1, 0.15) is 12.4 Å². The molecule has 0 amide bonds. The Balaban J connectivity index is 2.80. The van der Waals surface area contributed by atoms with Crippen LogP contribution in [0, 0.1) is 0 Å². The van der Waals surface area contributed by atoms with Crippen LogP contribution in [0.25, 0.3) is 0 Å². The fourth-order valence-electron chi connectivity index (χ4n) is 1.08. The summed E-state index contributed by atoms with van der Waals surface area (Å²) in [5.41, 5.74) is 12.1. The Morgan fingerprint density at radius 2 is 2.12 bits per heavy atom. The van der Waals surface area contributed by atoms with Crippen molar-refractivity contribution >= 4 is 12.2 Å². The van der Waals surface area contributed by atoms with Crippen molar-refractivity contribution in [2.24, 2.45) is 21.7 Å². The fraction of sp³-hybridized carbons (Fsp3) is 0.167. The molecule has 0 heterocycles. The SMILES string of the molecule is C=C(C)COc1ccccc1C=NN=C(N)N. The van der Waals surface area contributed by atoms with Gasteiger partial charge >= 0.3 is 0 Å². The molecule has 0 atom stereocenters. The van der Waals surface area contributed by atoms with Crippen molar-refractivity contribution in [2.75, 3.05) is 6.61 Å². The van der Waals surface area contributed by atoms with Crippen LogP contribution >= 0.6 is 0 Å². The van der Waals surface area contributed by atoms with Gasteiger partial charge in [-0.2, -0.15) is 5.10 Å². The molecule has 0 unspecified atom stereocenters. The summed E-state index contributed by atoms with van der Waals surface area (Å²) in [6, 6.07) is 7.47. The number of nitrogens with two attached hydrogens (primary N) is 2. The molecule has 1 aromatic rings. The number of benzene rings is 1. The molecule has 0 fully saturated rings. The van der Waals surface area contributed by atoms with Gasteiger partial charge in [-0.15, -0.1) is 5.10 Å². The van der Waals surface area contributed by atoms with Gasteiger partial charge in [-0.25, -0.2) is 0 Å². The first-order valence-corrected chi connectivity index (χ1v) is 5.08. The summed E-state index contributed by atoms with van der Waals surface area (Å²) in [4.78, 5) is 0. The van der Waals surface area contributed by atoms with E-state index in [2.05, 4.69) is 16.8 Å². The third kappa shape index (κ3) is 4.83. The minimum Gasteiger partial charge on any atom is -0.489 e. The molecule has 0 bridgehead atoms. The molecule has 0 aromatic heterocycles. The Hall–Kier alpha value is -2.30. The van der Waals surface area contributed by atoms with Crippen LogP contribution in [0.5, 0.6) is 5.75 Å². The van der Waals surface area contributed by atoms with E-state index in [1.165, 1.54) is 6.21 Å². The zero-order valence-corrected chi connectivity index (χ0v) is 9.76. The van der Waals surface area contributed by atoms with Crippen molar-refractivity contribution in [3.8, 4) is 5.75 Å². The molecule has 5 nitrogen and oxygen atoms in total. The number of ether oxygens (including phenoxy) is 1. The average molecular weight is 232 g/mol. The standard InChI is InChI=1S/C12H16N4O/c1-9(2)8-17-11-6-4-3-5-10(11)7-15-16-12(13)14/h3-7H,1,8H2,2H3,(H4,13,14,16). The topological polar surface area (TPSA) is 86.0 Å². The minimum absolute atomic E-state index is 0.0819. The zero-order chi connectivity index (χ0) is 12.7. The van der Waals surface area contributed by atoms with E-state index in [1.807, 2.05) is 31.2 Å². The average Bonchev–Trinajstić information content (AvgIpc) is 2.27. The Morgan fingerprint density at radius 1 is 1.41 bits per heavy atom. The van der Waals surface area contributed by atoms with Crippen molar-refractivity contribution in [1.29, 1.82) is 0 Å². The van der Waals surface area contributed by atoms with Crippen LogP contribution in [0.4, 0.5) is 0 Å². The second-order valence-corrected chi connectivity index (χ2v) is 3.55. The van der Waals surface area contributed by atoms with Crippen molar-refractivity contribution in [3.05, 3.63) is 42.0 Å². The van der Waals surface area contributed by atoms with Crippen molar-refractivity contribution in [2.45, 2.75) is 6.92 Å². The summed E-state index contributed by atoms with van der Waals surface area (Å²) in [7, 11) is 0. The van der Waals surface area contributed by atoms with Gasteiger partial charge in [0.2, 0.25) is 5.96 Å². The van der Waals surface area contributed by atoms with E-state index in [-0.39, 0.29) is 5.96 Å². The van der Waals surface area contributed by atoms with E-state index in [9.17, 15) is 0 Å². The number of hydrogen-bond donors (Lipinski definition) is 2. The molecule has 0 spiro atoms. The first-order chi connectivity index (χ1) is 8.09. The maximum Gasteiger partial charge on any atom is 0.211 e. The van der Waals surface area contributed by atoms with Crippen molar-refractivity contribution in [1.82, 2.24) is 0 Å². The van der Waals surface area contributed by atoms with E-state index in [1.54, 1.807) is 0 Å². The Labute approximate surface area is 100 Å². The molecule has 1 aromatic carbocycles. The fourth-order valence-corrected chi connectivity index (χ4v) is 1.08. The molecule has 0 aliphatic carbocycles. The maximum absolute atomic E-state index is 5.55. The molecule has 90 valence electrons. The molecule has 17 heavy (non-hydrogen) atoms. The summed E-state index contributed by atoms with van der Waals surface area (Å²) < 4.78 is 5.55. The monoisotopic (exact) mass is 232 g/mol. The highest BCUT2D eigenvalue weighted by atomic mass is 16.5.